The van der Waals surface area contributed by atoms with Crippen molar-refractivity contribution in [2.75, 3.05) is 21.3 Å². The molecule has 20 heavy (non-hydrogen) atoms. The summed E-state index contributed by atoms with van der Waals surface area (Å²) in [6, 6.07) is 11.1. The number of methoxy groups -OCH3 is 3. The quantitative estimate of drug-likeness (QED) is 0.725. The van der Waals surface area contributed by atoms with E-state index in [0.717, 1.165) is 15.1 Å². The van der Waals surface area contributed by atoms with Crippen molar-refractivity contribution < 1.29 is 18.9 Å². The number of benzene rings is 2. The number of ether oxygens (including phenoxy) is 4. The first kappa shape index (κ1) is 14.8. The molecule has 0 aliphatic rings. The van der Waals surface area contributed by atoms with Crippen LogP contribution in [0.3, 0.4) is 0 Å². The van der Waals surface area contributed by atoms with Crippen LogP contribution in [0.2, 0.25) is 0 Å². The molecule has 0 spiro atoms. The molecule has 106 valence electrons. The van der Waals surface area contributed by atoms with Gasteiger partial charge in [-0.2, -0.15) is 0 Å². The third-order valence-corrected chi connectivity index (χ3v) is 3.61. The summed E-state index contributed by atoms with van der Waals surface area (Å²) in [5.41, 5.74) is 0. The van der Waals surface area contributed by atoms with Gasteiger partial charge in [0.25, 0.3) is 0 Å². The molecule has 0 aromatic heterocycles. The van der Waals surface area contributed by atoms with Crippen LogP contribution in [0, 0.1) is 3.57 Å². The summed E-state index contributed by atoms with van der Waals surface area (Å²) in [6.45, 7) is 0. The van der Waals surface area contributed by atoms with Crippen molar-refractivity contribution in [3.63, 3.8) is 0 Å². The normalized spacial score (nSPS) is 10.0. The minimum absolute atomic E-state index is 0.628. The zero-order valence-corrected chi connectivity index (χ0v) is 13.6. The van der Waals surface area contributed by atoms with E-state index in [4.69, 9.17) is 18.9 Å². The van der Waals surface area contributed by atoms with Gasteiger partial charge in [-0.1, -0.05) is 0 Å². The molecular weight excluding hydrogens is 371 g/mol. The smallest absolute Gasteiger partial charge is 0.164 e. The molecule has 0 heterocycles. The fourth-order valence-electron chi connectivity index (χ4n) is 1.70. The molecule has 0 fully saturated rings. The summed E-state index contributed by atoms with van der Waals surface area (Å²) in [6.07, 6.45) is 0. The lowest BCUT2D eigenvalue weighted by atomic mass is 10.3. The van der Waals surface area contributed by atoms with Crippen molar-refractivity contribution in [2.45, 2.75) is 0 Å². The predicted molar refractivity (Wildman–Crippen MR) is 85.3 cm³/mol. The van der Waals surface area contributed by atoms with E-state index in [1.54, 1.807) is 33.5 Å². The number of hydrogen-bond donors (Lipinski definition) is 0. The molecule has 0 N–H and O–H groups in total. The van der Waals surface area contributed by atoms with Crippen LogP contribution >= 0.6 is 22.6 Å². The fourth-order valence-corrected chi connectivity index (χ4v) is 2.14. The van der Waals surface area contributed by atoms with Gasteiger partial charge in [0.05, 0.1) is 24.9 Å². The fraction of sp³-hybridized carbons (Fsp3) is 0.200. The lowest BCUT2D eigenvalue weighted by Crippen LogP contribution is -1.93. The minimum Gasteiger partial charge on any atom is -0.497 e. The zero-order chi connectivity index (χ0) is 14.5. The highest BCUT2D eigenvalue weighted by Gasteiger charge is 2.08. The third-order valence-electron chi connectivity index (χ3n) is 2.72. The topological polar surface area (TPSA) is 36.9 Å². The van der Waals surface area contributed by atoms with Crippen molar-refractivity contribution in [1.29, 1.82) is 0 Å². The van der Waals surface area contributed by atoms with Gasteiger partial charge in [0.1, 0.15) is 17.2 Å². The third kappa shape index (κ3) is 3.27. The number of halogens is 1. The van der Waals surface area contributed by atoms with Gasteiger partial charge >= 0.3 is 0 Å². The average molecular weight is 386 g/mol. The first-order valence-electron chi connectivity index (χ1n) is 5.91. The van der Waals surface area contributed by atoms with Gasteiger partial charge in [-0.25, -0.2) is 0 Å². The zero-order valence-electron chi connectivity index (χ0n) is 11.5. The lowest BCUT2D eigenvalue weighted by Gasteiger charge is -2.12. The molecule has 0 aliphatic carbocycles. The van der Waals surface area contributed by atoms with Crippen molar-refractivity contribution in [2.24, 2.45) is 0 Å². The van der Waals surface area contributed by atoms with Gasteiger partial charge < -0.3 is 18.9 Å². The number of hydrogen-bond acceptors (Lipinski definition) is 4. The largest absolute Gasteiger partial charge is 0.497 e. The first-order chi connectivity index (χ1) is 9.67. The van der Waals surface area contributed by atoms with E-state index in [2.05, 4.69) is 22.6 Å². The highest BCUT2D eigenvalue weighted by molar-refractivity contribution is 14.1. The van der Waals surface area contributed by atoms with Crippen LogP contribution in [0.15, 0.2) is 36.4 Å². The van der Waals surface area contributed by atoms with E-state index < -0.39 is 0 Å². The Balaban J connectivity index is 2.30. The summed E-state index contributed by atoms with van der Waals surface area (Å²) >= 11 is 2.22. The summed E-state index contributed by atoms with van der Waals surface area (Å²) in [5, 5.41) is 0. The second-order valence-corrected chi connectivity index (χ2v) is 5.08. The van der Waals surface area contributed by atoms with E-state index in [1.807, 2.05) is 24.3 Å². The molecule has 2 rings (SSSR count). The highest BCUT2D eigenvalue weighted by Crippen LogP contribution is 2.35. The molecule has 0 bridgehead atoms. The van der Waals surface area contributed by atoms with E-state index in [-0.39, 0.29) is 0 Å². The van der Waals surface area contributed by atoms with Gasteiger partial charge in [-0.15, -0.1) is 0 Å². The predicted octanol–water partition coefficient (Wildman–Crippen LogP) is 4.11. The molecular formula is C15H15IO4. The van der Waals surface area contributed by atoms with Crippen LogP contribution in [0.5, 0.6) is 28.7 Å². The van der Waals surface area contributed by atoms with Crippen molar-refractivity contribution in [3.05, 3.63) is 40.0 Å². The van der Waals surface area contributed by atoms with Crippen molar-refractivity contribution >= 4 is 22.6 Å². The average Bonchev–Trinajstić information content (AvgIpc) is 2.49. The van der Waals surface area contributed by atoms with Crippen LogP contribution < -0.4 is 18.9 Å². The van der Waals surface area contributed by atoms with E-state index in [1.165, 1.54) is 0 Å². The molecule has 4 nitrogen and oxygen atoms in total. The molecule has 0 unspecified atom stereocenters. The monoisotopic (exact) mass is 386 g/mol. The van der Waals surface area contributed by atoms with Gasteiger partial charge in [-0.05, 0) is 46.9 Å². The molecule has 5 heteroatoms. The van der Waals surface area contributed by atoms with Crippen LogP contribution in [0.25, 0.3) is 0 Å². The molecule has 0 saturated heterocycles. The molecule has 0 aliphatic heterocycles. The van der Waals surface area contributed by atoms with Gasteiger partial charge in [0, 0.05) is 12.1 Å². The Kier molecular flexibility index (Phi) is 4.94. The second-order valence-electron chi connectivity index (χ2n) is 3.92. The Hall–Kier alpha value is -1.63. The standard InChI is InChI=1S/C15H15IO4/c1-17-10-4-6-12(16)14(8-10)20-11-5-7-13(18-2)15(9-11)19-3/h4-9H,1-3H3. The summed E-state index contributed by atoms with van der Waals surface area (Å²) in [5.74, 6) is 3.45. The van der Waals surface area contributed by atoms with Crippen LogP contribution in [-0.2, 0) is 0 Å². The first-order valence-corrected chi connectivity index (χ1v) is 6.99. The Labute approximate surface area is 131 Å². The molecule has 0 saturated carbocycles. The molecule has 2 aromatic rings. The van der Waals surface area contributed by atoms with Crippen molar-refractivity contribution in [1.82, 2.24) is 0 Å². The van der Waals surface area contributed by atoms with E-state index in [0.29, 0.717) is 17.2 Å². The van der Waals surface area contributed by atoms with Gasteiger partial charge in [0.2, 0.25) is 0 Å². The maximum absolute atomic E-state index is 5.87. The summed E-state index contributed by atoms with van der Waals surface area (Å²) in [7, 11) is 4.82. The van der Waals surface area contributed by atoms with Crippen LogP contribution in [0.4, 0.5) is 0 Å². The molecule has 0 atom stereocenters. The Bertz CT molecular complexity index is 598. The lowest BCUT2D eigenvalue weighted by molar-refractivity contribution is 0.352. The minimum atomic E-state index is 0.628. The van der Waals surface area contributed by atoms with Crippen LogP contribution in [-0.4, -0.2) is 21.3 Å². The van der Waals surface area contributed by atoms with Crippen LogP contribution in [0.1, 0.15) is 0 Å². The Morgan fingerprint density at radius 1 is 0.700 bits per heavy atom. The van der Waals surface area contributed by atoms with E-state index in [9.17, 15) is 0 Å². The summed E-state index contributed by atoms with van der Waals surface area (Å²) in [4.78, 5) is 0. The number of rotatable bonds is 5. The van der Waals surface area contributed by atoms with Gasteiger partial charge in [0.15, 0.2) is 11.5 Å². The van der Waals surface area contributed by atoms with E-state index >= 15 is 0 Å². The maximum Gasteiger partial charge on any atom is 0.164 e. The Morgan fingerprint density at radius 2 is 1.35 bits per heavy atom. The highest BCUT2D eigenvalue weighted by atomic mass is 127. The van der Waals surface area contributed by atoms with Crippen molar-refractivity contribution in [3.8, 4) is 28.7 Å². The summed E-state index contributed by atoms with van der Waals surface area (Å²) < 4.78 is 22.5. The molecule has 2 aromatic carbocycles. The SMILES string of the molecule is COc1ccc(I)c(Oc2ccc(OC)c(OC)c2)c1. The maximum atomic E-state index is 5.87. The Morgan fingerprint density at radius 3 is 2.00 bits per heavy atom. The molecule has 0 radical (unpaired) electrons. The van der Waals surface area contributed by atoms with Gasteiger partial charge in [-0.3, -0.25) is 0 Å². The second kappa shape index (κ2) is 6.69. The molecule has 0 amide bonds.